The number of benzene rings is 1. The van der Waals surface area contributed by atoms with E-state index in [9.17, 15) is 9.90 Å². The van der Waals surface area contributed by atoms with Crippen molar-refractivity contribution in [3.05, 3.63) is 35.0 Å². The van der Waals surface area contributed by atoms with Gasteiger partial charge in [-0.15, -0.1) is 0 Å². The highest BCUT2D eigenvalue weighted by molar-refractivity contribution is 5.99. The molecular weight excluding hydrogens is 252 g/mol. The zero-order valence-electron chi connectivity index (χ0n) is 12.5. The van der Waals surface area contributed by atoms with Gasteiger partial charge in [0.25, 0.3) is 5.91 Å². The van der Waals surface area contributed by atoms with Gasteiger partial charge in [-0.2, -0.15) is 0 Å². The highest BCUT2D eigenvalue weighted by Crippen LogP contribution is 2.22. The van der Waals surface area contributed by atoms with E-state index in [-0.39, 0.29) is 12.5 Å². The van der Waals surface area contributed by atoms with Crippen LogP contribution < -0.4 is 5.32 Å². The number of rotatable bonds is 4. The van der Waals surface area contributed by atoms with Crippen molar-refractivity contribution in [3.8, 4) is 0 Å². The first kappa shape index (κ1) is 14.6. The van der Waals surface area contributed by atoms with Gasteiger partial charge in [-0.25, -0.2) is 0 Å². The van der Waals surface area contributed by atoms with E-state index in [2.05, 4.69) is 10.3 Å². The first-order chi connectivity index (χ1) is 9.40. The van der Waals surface area contributed by atoms with E-state index in [0.717, 1.165) is 22.2 Å². The summed E-state index contributed by atoms with van der Waals surface area (Å²) < 4.78 is 0. The molecule has 3 N–H and O–H groups in total. The summed E-state index contributed by atoms with van der Waals surface area (Å²) in [4.78, 5) is 15.6. The van der Waals surface area contributed by atoms with Gasteiger partial charge in [0, 0.05) is 22.2 Å². The van der Waals surface area contributed by atoms with E-state index in [0.29, 0.717) is 12.0 Å². The van der Waals surface area contributed by atoms with E-state index in [1.165, 1.54) is 0 Å². The lowest BCUT2D eigenvalue weighted by atomic mass is 9.99. The number of hydrogen-bond donors (Lipinski definition) is 3. The van der Waals surface area contributed by atoms with Crippen LogP contribution in [0, 0.1) is 13.8 Å². The molecule has 0 aliphatic rings. The lowest BCUT2D eigenvalue weighted by Gasteiger charge is -2.27. The fourth-order valence-corrected chi connectivity index (χ4v) is 2.19. The van der Waals surface area contributed by atoms with Crippen LogP contribution in [0.2, 0.25) is 0 Å². The quantitative estimate of drug-likeness (QED) is 0.802. The first-order valence-electron chi connectivity index (χ1n) is 6.92. The number of amides is 1. The number of H-pyrrole nitrogens is 1. The molecule has 1 aromatic carbocycles. The second kappa shape index (κ2) is 5.29. The summed E-state index contributed by atoms with van der Waals surface area (Å²) in [6.45, 7) is 7.78. The van der Waals surface area contributed by atoms with Crippen LogP contribution in [-0.2, 0) is 0 Å². The molecule has 1 amide bonds. The summed E-state index contributed by atoms with van der Waals surface area (Å²) in [7, 11) is 0. The lowest BCUT2D eigenvalue weighted by Crippen LogP contribution is -2.48. The zero-order chi connectivity index (χ0) is 14.9. The van der Waals surface area contributed by atoms with Crippen LogP contribution in [-0.4, -0.2) is 28.1 Å². The third-order valence-corrected chi connectivity index (χ3v) is 4.12. The standard InChI is InChI=1S/C16H22N2O2/c1-5-16(4,9-19)18-15(20)12-6-7-14-13(8-12)10(2)11(3)17-14/h6-8,17,19H,5,9H2,1-4H3,(H,18,20). The van der Waals surface area contributed by atoms with Gasteiger partial charge in [0.2, 0.25) is 0 Å². The van der Waals surface area contributed by atoms with Crippen molar-refractivity contribution in [2.45, 2.75) is 39.7 Å². The van der Waals surface area contributed by atoms with E-state index < -0.39 is 5.54 Å². The summed E-state index contributed by atoms with van der Waals surface area (Å²) in [5.74, 6) is -0.149. The van der Waals surface area contributed by atoms with Gasteiger partial charge >= 0.3 is 0 Å². The average molecular weight is 274 g/mol. The van der Waals surface area contributed by atoms with Crippen LogP contribution in [0.15, 0.2) is 18.2 Å². The van der Waals surface area contributed by atoms with Gasteiger partial charge in [0.1, 0.15) is 0 Å². The summed E-state index contributed by atoms with van der Waals surface area (Å²) >= 11 is 0. The smallest absolute Gasteiger partial charge is 0.251 e. The minimum absolute atomic E-state index is 0.0697. The van der Waals surface area contributed by atoms with E-state index in [4.69, 9.17) is 0 Å². The van der Waals surface area contributed by atoms with Gasteiger partial charge in [-0.05, 0) is 51.0 Å². The number of hydrogen-bond acceptors (Lipinski definition) is 2. The Bertz CT molecular complexity index is 639. The molecule has 1 heterocycles. The van der Waals surface area contributed by atoms with Crippen molar-refractivity contribution in [2.24, 2.45) is 0 Å². The van der Waals surface area contributed by atoms with Crippen molar-refractivity contribution >= 4 is 16.8 Å². The summed E-state index contributed by atoms with van der Waals surface area (Å²) in [5, 5.41) is 13.3. The predicted octanol–water partition coefficient (Wildman–Crippen LogP) is 2.68. The Morgan fingerprint density at radius 3 is 2.70 bits per heavy atom. The number of aryl methyl sites for hydroxylation is 2. The second-order valence-corrected chi connectivity index (χ2v) is 5.66. The number of carbonyl (C=O) groups is 1. The largest absolute Gasteiger partial charge is 0.394 e. The summed E-state index contributed by atoms with van der Waals surface area (Å²) in [5.41, 5.74) is 3.36. The van der Waals surface area contributed by atoms with Crippen molar-refractivity contribution in [2.75, 3.05) is 6.61 Å². The number of nitrogens with one attached hydrogen (secondary N) is 2. The molecule has 108 valence electrons. The maximum atomic E-state index is 12.3. The Kier molecular flexibility index (Phi) is 3.86. The molecule has 0 bridgehead atoms. The Morgan fingerprint density at radius 2 is 2.10 bits per heavy atom. The molecule has 4 heteroatoms. The number of aliphatic hydroxyl groups is 1. The normalized spacial score (nSPS) is 14.2. The van der Waals surface area contributed by atoms with Gasteiger partial charge in [0.05, 0.1) is 12.1 Å². The Hall–Kier alpha value is -1.81. The molecule has 0 saturated heterocycles. The molecule has 0 fully saturated rings. The number of aliphatic hydroxyl groups excluding tert-OH is 1. The van der Waals surface area contributed by atoms with Gasteiger partial charge in [-0.3, -0.25) is 4.79 Å². The van der Waals surface area contributed by atoms with E-state index in [1.54, 1.807) is 6.07 Å². The van der Waals surface area contributed by atoms with Crippen LogP contribution in [0.4, 0.5) is 0 Å². The second-order valence-electron chi connectivity index (χ2n) is 5.66. The summed E-state index contributed by atoms with van der Waals surface area (Å²) in [6, 6.07) is 5.63. The highest BCUT2D eigenvalue weighted by atomic mass is 16.3. The maximum absolute atomic E-state index is 12.3. The van der Waals surface area contributed by atoms with Crippen molar-refractivity contribution < 1.29 is 9.90 Å². The monoisotopic (exact) mass is 274 g/mol. The predicted molar refractivity (Wildman–Crippen MR) is 81.0 cm³/mol. The lowest BCUT2D eigenvalue weighted by molar-refractivity contribution is 0.0847. The minimum Gasteiger partial charge on any atom is -0.394 e. The van der Waals surface area contributed by atoms with E-state index in [1.807, 2.05) is 39.8 Å². The Balaban J connectivity index is 2.33. The molecule has 0 saturated carbocycles. The molecule has 0 aliphatic heterocycles. The molecule has 20 heavy (non-hydrogen) atoms. The number of aromatic amines is 1. The number of carbonyl (C=O) groups excluding carboxylic acids is 1. The zero-order valence-corrected chi connectivity index (χ0v) is 12.5. The molecule has 0 aliphatic carbocycles. The molecular formula is C16H22N2O2. The van der Waals surface area contributed by atoms with Crippen molar-refractivity contribution in [3.63, 3.8) is 0 Å². The third-order valence-electron chi connectivity index (χ3n) is 4.12. The Morgan fingerprint density at radius 1 is 1.40 bits per heavy atom. The maximum Gasteiger partial charge on any atom is 0.251 e. The molecule has 1 aromatic heterocycles. The van der Waals surface area contributed by atoms with E-state index >= 15 is 0 Å². The van der Waals surface area contributed by atoms with Gasteiger partial charge in [0.15, 0.2) is 0 Å². The molecule has 0 spiro atoms. The Labute approximate surface area is 119 Å². The van der Waals surface area contributed by atoms with Gasteiger partial charge < -0.3 is 15.4 Å². The van der Waals surface area contributed by atoms with Crippen LogP contribution in [0.25, 0.3) is 10.9 Å². The van der Waals surface area contributed by atoms with Crippen molar-refractivity contribution in [1.82, 2.24) is 10.3 Å². The fourth-order valence-electron chi connectivity index (χ4n) is 2.19. The topological polar surface area (TPSA) is 65.1 Å². The fraction of sp³-hybridized carbons (Fsp3) is 0.438. The molecule has 2 aromatic rings. The SMILES string of the molecule is CCC(C)(CO)NC(=O)c1ccc2[nH]c(C)c(C)c2c1. The molecule has 0 radical (unpaired) electrons. The molecule has 1 unspecified atom stereocenters. The molecule has 4 nitrogen and oxygen atoms in total. The molecule has 2 rings (SSSR count). The average Bonchev–Trinajstić information content (AvgIpc) is 2.73. The van der Waals surface area contributed by atoms with Crippen LogP contribution >= 0.6 is 0 Å². The van der Waals surface area contributed by atoms with Crippen molar-refractivity contribution in [1.29, 1.82) is 0 Å². The first-order valence-corrected chi connectivity index (χ1v) is 6.92. The van der Waals surface area contributed by atoms with Crippen LogP contribution in [0.3, 0.4) is 0 Å². The summed E-state index contributed by atoms with van der Waals surface area (Å²) in [6.07, 6.45) is 0.680. The molecule has 1 atom stereocenters. The number of aromatic nitrogens is 1. The highest BCUT2D eigenvalue weighted by Gasteiger charge is 2.24. The van der Waals surface area contributed by atoms with Crippen LogP contribution in [0.5, 0.6) is 0 Å². The van der Waals surface area contributed by atoms with Crippen LogP contribution in [0.1, 0.15) is 41.9 Å². The minimum atomic E-state index is -0.574. The third kappa shape index (κ3) is 2.56. The van der Waals surface area contributed by atoms with Gasteiger partial charge in [-0.1, -0.05) is 6.92 Å². The number of fused-ring (bicyclic) bond motifs is 1.